The van der Waals surface area contributed by atoms with Crippen molar-refractivity contribution in [3.05, 3.63) is 59.7 Å². The molecule has 9 heteroatoms. The van der Waals surface area contributed by atoms with Gasteiger partial charge in [0.15, 0.2) is 0 Å². The number of carbonyl (C=O) groups excluding carboxylic acids is 1. The Labute approximate surface area is 197 Å². The van der Waals surface area contributed by atoms with Crippen LogP contribution in [0.5, 0.6) is 0 Å². The molecule has 7 nitrogen and oxygen atoms in total. The third-order valence-electron chi connectivity index (χ3n) is 6.21. The van der Waals surface area contributed by atoms with Crippen LogP contribution in [-0.2, 0) is 6.42 Å². The maximum Gasteiger partial charge on any atom is 0.259 e. The highest BCUT2D eigenvalue weighted by Gasteiger charge is 2.27. The van der Waals surface area contributed by atoms with Crippen LogP contribution in [0.3, 0.4) is 0 Å². The minimum atomic E-state index is -0.899. The van der Waals surface area contributed by atoms with Gasteiger partial charge >= 0.3 is 0 Å². The Morgan fingerprint density at radius 3 is 2.26 bits per heavy atom. The topological polar surface area (TPSA) is 74.2 Å². The monoisotopic (exact) mass is 466 g/mol. The summed E-state index contributed by atoms with van der Waals surface area (Å²) in [5, 5.41) is 2.96. The minimum Gasteiger partial charge on any atom is -0.373 e. The number of rotatable bonds is 6. The predicted octanol–water partition coefficient (Wildman–Crippen LogP) is 3.87. The van der Waals surface area contributed by atoms with Crippen molar-refractivity contribution >= 4 is 11.7 Å². The van der Waals surface area contributed by atoms with Gasteiger partial charge in [0.25, 0.3) is 5.91 Å². The second-order valence-electron chi connectivity index (χ2n) is 8.12. The van der Waals surface area contributed by atoms with Gasteiger partial charge in [-0.05, 0) is 37.2 Å². The number of hydrogen-bond acceptors (Lipinski definition) is 6. The van der Waals surface area contributed by atoms with Gasteiger partial charge in [-0.15, -0.1) is 0 Å². The molecule has 1 N–H and O–H groups in total. The molecule has 1 saturated heterocycles. The number of nitrogens with zero attached hydrogens (tertiary/aromatic N) is 5. The third kappa shape index (κ3) is 4.61. The highest BCUT2D eigenvalue weighted by Crippen LogP contribution is 2.34. The second kappa shape index (κ2) is 10.2. The lowest BCUT2D eigenvalue weighted by Crippen LogP contribution is -2.48. The van der Waals surface area contributed by atoms with E-state index in [4.69, 9.17) is 0 Å². The number of carbonyl (C=O) groups is 1. The van der Waals surface area contributed by atoms with Crippen LogP contribution < -0.4 is 5.32 Å². The lowest BCUT2D eigenvalue weighted by molar-refractivity contribution is 0.0634. The average Bonchev–Trinajstić information content (AvgIpc) is 2.87. The minimum absolute atomic E-state index is 0.243. The third-order valence-corrected chi connectivity index (χ3v) is 6.21. The molecule has 3 heterocycles. The molecule has 1 aliphatic rings. The van der Waals surface area contributed by atoms with Gasteiger partial charge in [-0.1, -0.05) is 13.8 Å². The van der Waals surface area contributed by atoms with Gasteiger partial charge in [0.2, 0.25) is 0 Å². The van der Waals surface area contributed by atoms with Crippen molar-refractivity contribution in [2.24, 2.45) is 0 Å². The molecule has 0 unspecified atom stereocenters. The first-order chi connectivity index (χ1) is 16.5. The first-order valence-corrected chi connectivity index (χ1v) is 11.5. The summed E-state index contributed by atoms with van der Waals surface area (Å²) >= 11 is 0. The Bertz CT molecular complexity index is 1150. The highest BCUT2D eigenvalue weighted by molar-refractivity contribution is 5.96. The van der Waals surface area contributed by atoms with E-state index in [2.05, 4.69) is 25.2 Å². The van der Waals surface area contributed by atoms with E-state index >= 15 is 8.78 Å². The van der Waals surface area contributed by atoms with E-state index < -0.39 is 23.1 Å². The van der Waals surface area contributed by atoms with Crippen LogP contribution in [-0.4, -0.2) is 70.4 Å². The second-order valence-corrected chi connectivity index (χ2v) is 8.12. The lowest BCUT2D eigenvalue weighted by atomic mass is 9.96. The maximum absolute atomic E-state index is 15.2. The molecule has 0 radical (unpaired) electrons. The molecule has 0 bridgehead atoms. The van der Waals surface area contributed by atoms with Gasteiger partial charge in [-0.2, -0.15) is 0 Å². The number of nitrogens with one attached hydrogen (secondary N) is 1. The Kier molecular flexibility index (Phi) is 7.12. The summed E-state index contributed by atoms with van der Waals surface area (Å²) in [4.78, 5) is 29.7. The predicted molar refractivity (Wildman–Crippen MR) is 128 cm³/mol. The van der Waals surface area contributed by atoms with Crippen molar-refractivity contribution in [2.75, 3.05) is 45.1 Å². The van der Waals surface area contributed by atoms with E-state index in [-0.39, 0.29) is 5.56 Å². The van der Waals surface area contributed by atoms with Crippen LogP contribution in [0.2, 0.25) is 0 Å². The molecule has 2 aromatic heterocycles. The van der Waals surface area contributed by atoms with E-state index in [1.165, 1.54) is 23.4 Å². The normalized spacial score (nSPS) is 14.3. The highest BCUT2D eigenvalue weighted by atomic mass is 19.1. The van der Waals surface area contributed by atoms with E-state index in [0.717, 1.165) is 17.8 Å². The molecular weight excluding hydrogens is 438 g/mol. The molecule has 0 aliphatic carbocycles. The molecule has 0 saturated carbocycles. The van der Waals surface area contributed by atoms with Gasteiger partial charge in [0.1, 0.15) is 29.3 Å². The molecule has 34 heavy (non-hydrogen) atoms. The summed E-state index contributed by atoms with van der Waals surface area (Å²) < 4.78 is 30.4. The Balaban J connectivity index is 1.73. The number of amides is 1. The van der Waals surface area contributed by atoms with Gasteiger partial charge < -0.3 is 15.1 Å². The van der Waals surface area contributed by atoms with Gasteiger partial charge in [0, 0.05) is 56.1 Å². The molecule has 4 rings (SSSR count). The lowest BCUT2D eigenvalue weighted by Gasteiger charge is -2.34. The van der Waals surface area contributed by atoms with Crippen molar-refractivity contribution in [3.63, 3.8) is 0 Å². The molecule has 1 amide bonds. The molecule has 0 spiro atoms. The van der Waals surface area contributed by atoms with E-state index in [0.29, 0.717) is 49.7 Å². The maximum atomic E-state index is 15.2. The number of piperazine rings is 1. The van der Waals surface area contributed by atoms with Crippen molar-refractivity contribution in [1.29, 1.82) is 0 Å². The fourth-order valence-electron chi connectivity index (χ4n) is 4.24. The SMILES string of the molecule is CCc1ncnc(-c2cc(F)c(C(=O)N3CCN(CC)CC3)c(F)c2)c1-c1ccc(NC)nc1. The number of likely N-dealkylation sites (N-methyl/N-ethyl adjacent to an activating group) is 1. The first kappa shape index (κ1) is 23.7. The van der Waals surface area contributed by atoms with E-state index in [1.54, 1.807) is 13.2 Å². The number of anilines is 1. The zero-order chi connectivity index (χ0) is 24.2. The smallest absolute Gasteiger partial charge is 0.259 e. The van der Waals surface area contributed by atoms with Crippen molar-refractivity contribution < 1.29 is 13.6 Å². The molecular formula is C25H28F2N6O. The number of hydrogen-bond donors (Lipinski definition) is 1. The van der Waals surface area contributed by atoms with Crippen LogP contribution in [0.15, 0.2) is 36.8 Å². The van der Waals surface area contributed by atoms with E-state index in [9.17, 15) is 4.79 Å². The average molecular weight is 467 g/mol. The standard InChI is InChI=1S/C25H28F2N6O/c1-4-20-22(16-6-7-21(28-3)29-14-16)24(31-15-30-20)17-12-18(26)23(19(27)13-17)25(34)33-10-8-32(5-2)9-11-33/h6-7,12-15H,4-5,8-11H2,1-3H3,(H,28,29). The molecule has 3 aromatic rings. The number of aryl methyl sites for hydroxylation is 1. The molecule has 0 atom stereocenters. The Morgan fingerprint density at radius 1 is 1.00 bits per heavy atom. The van der Waals surface area contributed by atoms with Crippen LogP contribution in [0.4, 0.5) is 14.6 Å². The molecule has 1 fully saturated rings. The summed E-state index contributed by atoms with van der Waals surface area (Å²) in [6, 6.07) is 6.03. The quantitative estimate of drug-likeness (QED) is 0.595. The van der Waals surface area contributed by atoms with Crippen LogP contribution in [0.1, 0.15) is 29.9 Å². The van der Waals surface area contributed by atoms with Gasteiger partial charge in [-0.3, -0.25) is 4.79 Å². The summed E-state index contributed by atoms with van der Waals surface area (Å²) in [6.07, 6.45) is 3.66. The zero-order valence-corrected chi connectivity index (χ0v) is 19.6. The number of aromatic nitrogens is 3. The fourth-order valence-corrected chi connectivity index (χ4v) is 4.24. The summed E-state index contributed by atoms with van der Waals surface area (Å²) in [5.74, 6) is -1.73. The van der Waals surface area contributed by atoms with Crippen molar-refractivity contribution in [1.82, 2.24) is 24.8 Å². The molecule has 178 valence electrons. The van der Waals surface area contributed by atoms with Crippen LogP contribution in [0.25, 0.3) is 22.4 Å². The van der Waals surface area contributed by atoms with Crippen molar-refractivity contribution in [2.45, 2.75) is 20.3 Å². The Hall–Kier alpha value is -3.46. The summed E-state index contributed by atoms with van der Waals surface area (Å²) in [7, 11) is 1.77. The van der Waals surface area contributed by atoms with E-state index in [1.807, 2.05) is 26.0 Å². The Morgan fingerprint density at radius 2 is 1.71 bits per heavy atom. The van der Waals surface area contributed by atoms with Gasteiger partial charge in [-0.25, -0.2) is 23.7 Å². The van der Waals surface area contributed by atoms with Crippen LogP contribution in [0, 0.1) is 11.6 Å². The summed E-state index contributed by atoms with van der Waals surface area (Å²) in [5.41, 5.74) is 2.24. The van der Waals surface area contributed by atoms with Crippen LogP contribution >= 0.6 is 0 Å². The number of pyridine rings is 1. The number of benzene rings is 1. The summed E-state index contributed by atoms with van der Waals surface area (Å²) in [6.45, 7) is 7.14. The molecule has 1 aromatic carbocycles. The number of halogens is 2. The zero-order valence-electron chi connectivity index (χ0n) is 19.6. The largest absolute Gasteiger partial charge is 0.373 e. The first-order valence-electron chi connectivity index (χ1n) is 11.5. The fraction of sp³-hybridized carbons (Fsp3) is 0.360. The van der Waals surface area contributed by atoms with Crippen molar-refractivity contribution in [3.8, 4) is 22.4 Å². The molecule has 1 aliphatic heterocycles. The van der Waals surface area contributed by atoms with Gasteiger partial charge in [0.05, 0.1) is 11.4 Å².